The summed E-state index contributed by atoms with van der Waals surface area (Å²) in [5.41, 5.74) is 5.58. The van der Waals surface area contributed by atoms with E-state index in [0.717, 1.165) is 30.2 Å². The van der Waals surface area contributed by atoms with Gasteiger partial charge in [-0.2, -0.15) is 4.31 Å². The van der Waals surface area contributed by atoms with E-state index in [-0.39, 0.29) is 22.5 Å². The second-order valence-corrected chi connectivity index (χ2v) is 8.24. The van der Waals surface area contributed by atoms with E-state index >= 15 is 0 Å². The minimum atomic E-state index is -3.57. The zero-order valence-corrected chi connectivity index (χ0v) is 14.2. The third-order valence-electron chi connectivity index (χ3n) is 3.45. The largest absolute Gasteiger partial charge is 0.392 e. The Morgan fingerprint density at radius 2 is 2.05 bits per heavy atom. The molecule has 0 radical (unpaired) electrons. The summed E-state index contributed by atoms with van der Waals surface area (Å²) in [5, 5.41) is 0. The molecular weight excluding hydrogens is 360 g/mol. The molecule has 2 N–H and O–H groups in total. The maximum Gasteiger partial charge on any atom is 0.243 e. The van der Waals surface area contributed by atoms with E-state index in [9.17, 15) is 8.42 Å². The van der Waals surface area contributed by atoms with Crippen molar-refractivity contribution in [1.82, 2.24) is 4.31 Å². The van der Waals surface area contributed by atoms with Crippen molar-refractivity contribution in [2.75, 3.05) is 6.54 Å². The molecule has 1 aliphatic rings. The third-order valence-corrected chi connectivity index (χ3v) is 5.96. The topological polar surface area (TPSA) is 63.4 Å². The minimum absolute atomic E-state index is 0.000446. The van der Waals surface area contributed by atoms with Crippen molar-refractivity contribution in [3.8, 4) is 0 Å². The Balaban J connectivity index is 2.37. The summed E-state index contributed by atoms with van der Waals surface area (Å²) in [6, 6.07) is 6.72. The fraction of sp³-hybridized carbons (Fsp3) is 0.462. The monoisotopic (exact) mass is 376 g/mol. The van der Waals surface area contributed by atoms with Crippen LogP contribution in [0.3, 0.4) is 0 Å². The van der Waals surface area contributed by atoms with Crippen LogP contribution in [0.25, 0.3) is 0 Å². The lowest BCUT2D eigenvalue weighted by Gasteiger charge is -2.27. The van der Waals surface area contributed by atoms with Crippen molar-refractivity contribution in [3.05, 3.63) is 28.7 Å². The molecule has 1 saturated carbocycles. The normalized spacial score (nSPS) is 16.7. The zero-order chi connectivity index (χ0) is 14.8. The summed E-state index contributed by atoms with van der Waals surface area (Å²) >= 11 is 8.22. The first kappa shape index (κ1) is 15.9. The number of rotatable bonds is 5. The fourth-order valence-corrected chi connectivity index (χ4v) is 5.00. The lowest BCUT2D eigenvalue weighted by Crippen LogP contribution is -2.43. The first-order chi connectivity index (χ1) is 9.41. The van der Waals surface area contributed by atoms with E-state index in [1.807, 2.05) is 0 Å². The van der Waals surface area contributed by atoms with Gasteiger partial charge in [-0.15, -0.1) is 0 Å². The summed E-state index contributed by atoms with van der Waals surface area (Å²) in [6.45, 7) is 0.106. The van der Waals surface area contributed by atoms with Gasteiger partial charge in [0.2, 0.25) is 10.0 Å². The number of thiocarbonyl (C=S) groups is 1. The fourth-order valence-electron chi connectivity index (χ4n) is 2.52. The Kier molecular flexibility index (Phi) is 5.17. The molecule has 1 aliphatic carbocycles. The van der Waals surface area contributed by atoms with Crippen molar-refractivity contribution < 1.29 is 8.42 Å². The Morgan fingerprint density at radius 1 is 1.40 bits per heavy atom. The summed E-state index contributed by atoms with van der Waals surface area (Å²) in [4.78, 5) is 0.477. The highest BCUT2D eigenvalue weighted by Gasteiger charge is 2.33. The quantitative estimate of drug-likeness (QED) is 0.802. The molecule has 1 fully saturated rings. The van der Waals surface area contributed by atoms with Crippen LogP contribution in [0.4, 0.5) is 0 Å². The van der Waals surface area contributed by atoms with Gasteiger partial charge >= 0.3 is 0 Å². The smallest absolute Gasteiger partial charge is 0.243 e. The second kappa shape index (κ2) is 6.51. The van der Waals surface area contributed by atoms with Crippen LogP contribution >= 0.6 is 28.1 Å². The Hall–Kier alpha value is -0.500. The standard InChI is InChI=1S/C13H17BrN2O2S2/c14-10-4-3-7-12(8-10)20(17,18)16(9-13(15)19)11-5-1-2-6-11/h3-4,7-8,11H,1-2,5-6,9H2,(H2,15,19). The molecule has 20 heavy (non-hydrogen) atoms. The van der Waals surface area contributed by atoms with Crippen molar-refractivity contribution in [2.45, 2.75) is 36.6 Å². The van der Waals surface area contributed by atoms with Gasteiger partial charge in [-0.25, -0.2) is 8.42 Å². The number of hydrogen-bond acceptors (Lipinski definition) is 3. The molecule has 0 atom stereocenters. The number of benzene rings is 1. The number of halogens is 1. The van der Waals surface area contributed by atoms with E-state index in [1.54, 1.807) is 24.3 Å². The molecule has 2 rings (SSSR count). The number of hydrogen-bond donors (Lipinski definition) is 1. The van der Waals surface area contributed by atoms with Crippen LogP contribution in [0.1, 0.15) is 25.7 Å². The lowest BCUT2D eigenvalue weighted by atomic mass is 10.2. The van der Waals surface area contributed by atoms with Crippen LogP contribution in [0.15, 0.2) is 33.6 Å². The van der Waals surface area contributed by atoms with Crippen LogP contribution in [0.2, 0.25) is 0 Å². The average molecular weight is 377 g/mol. The molecule has 7 heteroatoms. The lowest BCUT2D eigenvalue weighted by molar-refractivity contribution is 0.355. The van der Waals surface area contributed by atoms with Gasteiger partial charge in [-0.05, 0) is 31.0 Å². The second-order valence-electron chi connectivity index (χ2n) is 4.91. The number of sulfonamides is 1. The molecule has 1 aromatic carbocycles. The molecule has 0 saturated heterocycles. The van der Waals surface area contributed by atoms with E-state index in [4.69, 9.17) is 18.0 Å². The SMILES string of the molecule is NC(=S)CN(C1CCCC1)S(=O)(=O)c1cccc(Br)c1. The summed E-state index contributed by atoms with van der Waals surface area (Å²) in [7, 11) is -3.57. The van der Waals surface area contributed by atoms with Crippen LogP contribution in [-0.2, 0) is 10.0 Å². The van der Waals surface area contributed by atoms with Gasteiger partial charge in [-0.1, -0.05) is 47.1 Å². The van der Waals surface area contributed by atoms with Crippen LogP contribution < -0.4 is 5.73 Å². The molecule has 0 bridgehead atoms. The predicted molar refractivity (Wildman–Crippen MR) is 87.1 cm³/mol. The first-order valence-corrected chi connectivity index (χ1v) is 9.11. The van der Waals surface area contributed by atoms with E-state index in [1.165, 1.54) is 4.31 Å². The molecule has 0 spiro atoms. The molecule has 0 amide bonds. The highest BCUT2D eigenvalue weighted by molar-refractivity contribution is 9.10. The summed E-state index contributed by atoms with van der Waals surface area (Å²) in [6.07, 6.45) is 3.84. The zero-order valence-electron chi connectivity index (χ0n) is 11.0. The van der Waals surface area contributed by atoms with Crippen LogP contribution in [0.5, 0.6) is 0 Å². The van der Waals surface area contributed by atoms with Gasteiger partial charge < -0.3 is 5.73 Å². The van der Waals surface area contributed by atoms with Crippen molar-refractivity contribution in [2.24, 2.45) is 5.73 Å². The highest BCUT2D eigenvalue weighted by Crippen LogP contribution is 2.29. The number of nitrogens with zero attached hydrogens (tertiary/aromatic N) is 1. The molecule has 0 heterocycles. The molecular formula is C13H17BrN2O2S2. The van der Waals surface area contributed by atoms with Gasteiger partial charge in [0.25, 0.3) is 0 Å². The van der Waals surface area contributed by atoms with Crippen LogP contribution in [-0.4, -0.2) is 30.3 Å². The van der Waals surface area contributed by atoms with Crippen molar-refractivity contribution >= 4 is 43.2 Å². The summed E-state index contributed by atoms with van der Waals surface area (Å²) < 4.78 is 27.8. The molecule has 0 unspecified atom stereocenters. The van der Waals surface area contributed by atoms with Gasteiger partial charge in [0, 0.05) is 10.5 Å². The van der Waals surface area contributed by atoms with E-state index < -0.39 is 10.0 Å². The first-order valence-electron chi connectivity index (χ1n) is 6.47. The molecule has 110 valence electrons. The molecule has 1 aromatic rings. The Labute approximate surface area is 133 Å². The minimum Gasteiger partial charge on any atom is -0.392 e. The van der Waals surface area contributed by atoms with E-state index in [0.29, 0.717) is 0 Å². The van der Waals surface area contributed by atoms with E-state index in [2.05, 4.69) is 15.9 Å². The van der Waals surface area contributed by atoms with Crippen molar-refractivity contribution in [3.63, 3.8) is 0 Å². The van der Waals surface area contributed by atoms with Gasteiger partial charge in [0.1, 0.15) is 0 Å². The highest BCUT2D eigenvalue weighted by atomic mass is 79.9. The summed E-state index contributed by atoms with van der Waals surface area (Å²) in [5.74, 6) is 0. The Bertz CT molecular complexity index is 598. The third kappa shape index (κ3) is 3.58. The van der Waals surface area contributed by atoms with Gasteiger partial charge in [-0.3, -0.25) is 0 Å². The average Bonchev–Trinajstić information content (AvgIpc) is 2.89. The van der Waals surface area contributed by atoms with Crippen molar-refractivity contribution in [1.29, 1.82) is 0 Å². The maximum absolute atomic E-state index is 12.8. The predicted octanol–water partition coefficient (Wildman–Crippen LogP) is 2.67. The molecule has 4 nitrogen and oxygen atoms in total. The van der Waals surface area contributed by atoms with Crippen LogP contribution in [0, 0.1) is 0 Å². The van der Waals surface area contributed by atoms with Gasteiger partial charge in [0.05, 0.1) is 16.4 Å². The molecule has 0 aromatic heterocycles. The maximum atomic E-state index is 12.8. The Morgan fingerprint density at radius 3 is 2.60 bits per heavy atom. The molecule has 0 aliphatic heterocycles. The number of nitrogens with two attached hydrogens (primary N) is 1. The van der Waals surface area contributed by atoms with Gasteiger partial charge in [0.15, 0.2) is 0 Å².